The van der Waals surface area contributed by atoms with Crippen LogP contribution in [0.4, 0.5) is 0 Å². The van der Waals surface area contributed by atoms with E-state index in [2.05, 4.69) is 16.5 Å². The van der Waals surface area contributed by atoms with Gasteiger partial charge in [-0.1, -0.05) is 17.8 Å². The van der Waals surface area contributed by atoms with Crippen LogP contribution in [0.3, 0.4) is 0 Å². The van der Waals surface area contributed by atoms with Gasteiger partial charge >= 0.3 is 5.97 Å². The Balaban J connectivity index is 1.68. The number of thiophene rings is 1. The Labute approximate surface area is 203 Å². The maximum absolute atomic E-state index is 13.4. The van der Waals surface area contributed by atoms with Gasteiger partial charge in [-0.2, -0.15) is 0 Å². The largest absolute Gasteiger partial charge is 0.465 e. The first kappa shape index (κ1) is 23.8. The topological polar surface area (TPSA) is 107 Å². The number of fused-ring (bicyclic) bond motifs is 1. The lowest BCUT2D eigenvalue weighted by Crippen LogP contribution is -2.23. The Kier molecular flexibility index (Phi) is 6.63. The minimum Gasteiger partial charge on any atom is -0.465 e. The van der Waals surface area contributed by atoms with Crippen LogP contribution in [0, 0.1) is 20.8 Å². The predicted octanol–water partition coefficient (Wildman–Crippen LogP) is 4.92. The molecule has 0 aromatic carbocycles. The highest BCUT2D eigenvalue weighted by molar-refractivity contribution is 7.99. The number of nitrogens with one attached hydrogen (secondary N) is 1. The number of rotatable bonds is 8. The number of hydrogen-bond acceptors (Lipinski definition) is 8. The number of carbonyl (C=O) groups excluding carboxylic acids is 2. The molecule has 0 atom stereocenters. The minimum absolute atomic E-state index is 0.0338. The lowest BCUT2D eigenvalue weighted by atomic mass is 10.1. The van der Waals surface area contributed by atoms with E-state index < -0.39 is 5.97 Å². The number of thioether (sulfide) groups is 1. The summed E-state index contributed by atoms with van der Waals surface area (Å²) in [4.78, 5) is 46.7. The van der Waals surface area contributed by atoms with E-state index in [1.165, 1.54) is 34.8 Å². The van der Waals surface area contributed by atoms with Crippen molar-refractivity contribution in [1.29, 1.82) is 0 Å². The molecule has 176 valence electrons. The van der Waals surface area contributed by atoms with Gasteiger partial charge in [0.05, 0.1) is 29.5 Å². The molecule has 4 aromatic rings. The maximum Gasteiger partial charge on any atom is 0.339 e. The Hall–Kier alpha value is -3.37. The number of ether oxygens (including phenoxy) is 1. The lowest BCUT2D eigenvalue weighted by Gasteiger charge is -2.10. The molecule has 4 rings (SSSR count). The first-order chi connectivity index (χ1) is 16.3. The van der Waals surface area contributed by atoms with Crippen LogP contribution >= 0.6 is 23.1 Å². The van der Waals surface area contributed by atoms with Crippen molar-refractivity contribution in [3.63, 3.8) is 0 Å². The highest BCUT2D eigenvalue weighted by Gasteiger charge is 2.24. The van der Waals surface area contributed by atoms with Crippen molar-refractivity contribution in [2.75, 3.05) is 12.9 Å². The van der Waals surface area contributed by atoms with Gasteiger partial charge in [0.1, 0.15) is 16.4 Å². The van der Waals surface area contributed by atoms with Crippen molar-refractivity contribution in [2.45, 2.75) is 32.5 Å². The molecule has 0 radical (unpaired) electrons. The second-order valence-electron chi connectivity index (χ2n) is 7.67. The van der Waals surface area contributed by atoms with Gasteiger partial charge < -0.3 is 14.1 Å². The molecule has 0 amide bonds. The van der Waals surface area contributed by atoms with Crippen molar-refractivity contribution in [3.05, 3.63) is 68.8 Å². The molecule has 0 aliphatic carbocycles. The summed E-state index contributed by atoms with van der Waals surface area (Å²) in [5, 5.41) is 2.76. The Morgan fingerprint density at radius 1 is 1.32 bits per heavy atom. The van der Waals surface area contributed by atoms with Crippen molar-refractivity contribution < 1.29 is 18.7 Å². The van der Waals surface area contributed by atoms with Gasteiger partial charge in [0.2, 0.25) is 0 Å². The van der Waals surface area contributed by atoms with Gasteiger partial charge in [0.25, 0.3) is 5.56 Å². The highest BCUT2D eigenvalue weighted by atomic mass is 32.2. The van der Waals surface area contributed by atoms with E-state index in [4.69, 9.17) is 9.15 Å². The molecule has 0 saturated heterocycles. The van der Waals surface area contributed by atoms with Gasteiger partial charge in [-0.05, 0) is 38.5 Å². The highest BCUT2D eigenvalue weighted by Crippen LogP contribution is 2.33. The van der Waals surface area contributed by atoms with E-state index in [9.17, 15) is 14.4 Å². The number of aromatic amines is 1. The second kappa shape index (κ2) is 9.47. The second-order valence-corrected chi connectivity index (χ2v) is 9.47. The molecule has 0 aliphatic rings. The molecule has 0 saturated carbocycles. The Morgan fingerprint density at radius 2 is 2.09 bits per heavy atom. The summed E-state index contributed by atoms with van der Waals surface area (Å²) in [5.41, 5.74) is 2.29. The average molecular weight is 498 g/mol. The number of hydrogen-bond donors (Lipinski definition) is 1. The van der Waals surface area contributed by atoms with E-state index >= 15 is 0 Å². The number of ketones is 1. The monoisotopic (exact) mass is 497 g/mol. The number of H-pyrrole nitrogens is 1. The number of allylic oxidation sites excluding steroid dienone is 1. The van der Waals surface area contributed by atoms with E-state index in [1.807, 2.05) is 24.4 Å². The van der Waals surface area contributed by atoms with E-state index in [1.54, 1.807) is 19.9 Å². The number of esters is 1. The quantitative estimate of drug-likeness (QED) is 0.121. The van der Waals surface area contributed by atoms with E-state index in [-0.39, 0.29) is 23.6 Å². The summed E-state index contributed by atoms with van der Waals surface area (Å²) < 4.78 is 12.0. The molecule has 10 heteroatoms. The Bertz CT molecular complexity index is 1490. The normalized spacial score (nSPS) is 11.2. The average Bonchev–Trinajstić information content (AvgIpc) is 3.50. The van der Waals surface area contributed by atoms with Crippen LogP contribution in [0.2, 0.25) is 0 Å². The third-order valence-electron chi connectivity index (χ3n) is 5.41. The third-order valence-corrected chi connectivity index (χ3v) is 7.26. The minimum atomic E-state index is -0.495. The van der Waals surface area contributed by atoms with E-state index in [0.717, 1.165) is 5.76 Å². The van der Waals surface area contributed by atoms with Crippen molar-refractivity contribution in [3.8, 4) is 11.3 Å². The molecule has 0 spiro atoms. The van der Waals surface area contributed by atoms with Crippen LogP contribution in [0.25, 0.3) is 21.5 Å². The smallest absolute Gasteiger partial charge is 0.339 e. The summed E-state index contributed by atoms with van der Waals surface area (Å²) in [7, 11) is 1.30. The van der Waals surface area contributed by atoms with Gasteiger partial charge in [-0.15, -0.1) is 17.9 Å². The number of carbonyl (C=O) groups is 2. The molecule has 0 aliphatic heterocycles. The fraction of sp³-hybridized carbons (Fsp3) is 0.250. The first-order valence-corrected chi connectivity index (χ1v) is 12.3. The molecule has 34 heavy (non-hydrogen) atoms. The number of nitrogens with zero attached hydrogens (tertiary/aromatic N) is 2. The SMILES string of the molecule is C=CCn1c(SCC(=O)c2[nH]c(C)c(C(=O)OC)c2C)nc2scc(-c3ccc(C)o3)c2c1=O. The van der Waals surface area contributed by atoms with E-state index in [0.29, 0.717) is 49.2 Å². The number of furan rings is 1. The molecule has 4 heterocycles. The molecule has 0 bridgehead atoms. The standard InChI is InChI=1S/C24H23N3O5S2/c1-6-9-27-22(29)19-15(17-8-7-12(2)32-17)10-33-21(19)26-24(27)34-11-16(28)20-13(3)18(14(4)25-20)23(30)31-5/h6-8,10,25H,1,9,11H2,2-5H3. The fourth-order valence-electron chi connectivity index (χ4n) is 3.81. The molecule has 0 unspecified atom stereocenters. The number of methoxy groups -OCH3 is 1. The molecular formula is C24H23N3O5S2. The molecular weight excluding hydrogens is 474 g/mol. The zero-order valence-corrected chi connectivity index (χ0v) is 20.8. The van der Waals surface area contributed by atoms with Gasteiger partial charge in [-0.3, -0.25) is 14.2 Å². The zero-order valence-electron chi connectivity index (χ0n) is 19.2. The molecule has 4 aromatic heterocycles. The summed E-state index contributed by atoms with van der Waals surface area (Å²) >= 11 is 2.52. The van der Waals surface area contributed by atoms with Crippen LogP contribution in [-0.4, -0.2) is 39.2 Å². The lowest BCUT2D eigenvalue weighted by molar-refractivity contribution is 0.0599. The summed E-state index contributed by atoms with van der Waals surface area (Å²) in [6, 6.07) is 3.68. The summed E-state index contributed by atoms with van der Waals surface area (Å²) in [6.45, 7) is 9.27. The van der Waals surface area contributed by atoms with Crippen LogP contribution < -0.4 is 5.56 Å². The molecule has 1 N–H and O–H groups in total. The summed E-state index contributed by atoms with van der Waals surface area (Å²) in [5.74, 6) is 0.696. The molecule has 0 fully saturated rings. The van der Waals surface area contributed by atoms with Gasteiger partial charge in [-0.25, -0.2) is 9.78 Å². The van der Waals surface area contributed by atoms with Crippen LogP contribution in [0.15, 0.2) is 44.5 Å². The van der Waals surface area contributed by atoms with Gasteiger partial charge in [0.15, 0.2) is 10.9 Å². The number of Topliss-reactive ketones (excluding diaryl/α,β-unsaturated/α-hetero) is 1. The number of aryl methyl sites for hydroxylation is 2. The van der Waals surface area contributed by atoms with Crippen LogP contribution in [-0.2, 0) is 11.3 Å². The maximum atomic E-state index is 13.4. The fourth-order valence-corrected chi connectivity index (χ4v) is 5.66. The van der Waals surface area contributed by atoms with Crippen molar-refractivity contribution in [2.24, 2.45) is 0 Å². The van der Waals surface area contributed by atoms with Crippen LogP contribution in [0.1, 0.15) is 37.9 Å². The molecule has 8 nitrogen and oxygen atoms in total. The van der Waals surface area contributed by atoms with Crippen molar-refractivity contribution in [1.82, 2.24) is 14.5 Å². The number of aromatic nitrogens is 3. The zero-order chi connectivity index (χ0) is 24.6. The summed E-state index contributed by atoms with van der Waals surface area (Å²) in [6.07, 6.45) is 1.62. The van der Waals surface area contributed by atoms with Gasteiger partial charge in [0, 0.05) is 23.2 Å². The Morgan fingerprint density at radius 3 is 2.74 bits per heavy atom. The third kappa shape index (κ3) is 4.14. The van der Waals surface area contributed by atoms with Crippen molar-refractivity contribution >= 4 is 45.1 Å². The van der Waals surface area contributed by atoms with Crippen LogP contribution in [0.5, 0.6) is 0 Å². The predicted molar refractivity (Wildman–Crippen MR) is 133 cm³/mol. The first-order valence-electron chi connectivity index (χ1n) is 10.4.